The Labute approximate surface area is 130 Å². The molecule has 1 unspecified atom stereocenters. The van der Waals surface area contributed by atoms with E-state index in [4.69, 9.17) is 11.6 Å². The van der Waals surface area contributed by atoms with Crippen LogP contribution in [0.15, 0.2) is 48.5 Å². The lowest BCUT2D eigenvalue weighted by molar-refractivity contribution is 0.549. The van der Waals surface area contributed by atoms with Gasteiger partial charge in [-0.1, -0.05) is 35.9 Å². The van der Waals surface area contributed by atoms with Crippen molar-refractivity contribution < 1.29 is 4.39 Å². The minimum absolute atomic E-state index is 0.176. The molecule has 0 amide bonds. The van der Waals surface area contributed by atoms with Crippen LogP contribution >= 0.6 is 11.6 Å². The van der Waals surface area contributed by atoms with Gasteiger partial charge in [-0.3, -0.25) is 0 Å². The molecule has 0 saturated carbocycles. The molecule has 0 fully saturated rings. The van der Waals surface area contributed by atoms with E-state index < -0.39 is 0 Å². The first-order valence-corrected chi connectivity index (χ1v) is 7.38. The number of rotatable bonds is 6. The van der Waals surface area contributed by atoms with Crippen LogP contribution in [0.3, 0.4) is 0 Å². The van der Waals surface area contributed by atoms with Crippen molar-refractivity contribution in [3.05, 3.63) is 64.9 Å². The molecule has 21 heavy (non-hydrogen) atoms. The van der Waals surface area contributed by atoms with Crippen molar-refractivity contribution in [2.75, 3.05) is 25.5 Å². The van der Waals surface area contributed by atoms with Crippen molar-refractivity contribution in [2.45, 2.75) is 12.5 Å². The summed E-state index contributed by atoms with van der Waals surface area (Å²) >= 11 is 6.25. The van der Waals surface area contributed by atoms with Gasteiger partial charge in [-0.25, -0.2) is 4.39 Å². The number of benzene rings is 2. The third kappa shape index (κ3) is 4.19. The van der Waals surface area contributed by atoms with Gasteiger partial charge >= 0.3 is 0 Å². The lowest BCUT2D eigenvalue weighted by Gasteiger charge is -2.24. The smallest absolute Gasteiger partial charge is 0.125 e. The van der Waals surface area contributed by atoms with E-state index in [0.29, 0.717) is 0 Å². The van der Waals surface area contributed by atoms with Crippen LogP contribution in [-0.4, -0.2) is 20.6 Å². The summed E-state index contributed by atoms with van der Waals surface area (Å²) in [5, 5.41) is 4.06. The first-order chi connectivity index (χ1) is 10.1. The largest absolute Gasteiger partial charge is 0.374 e. The summed E-state index contributed by atoms with van der Waals surface area (Å²) in [5.74, 6) is -0.212. The molecule has 0 aromatic heterocycles. The van der Waals surface area contributed by atoms with E-state index in [-0.39, 0.29) is 11.9 Å². The fourth-order valence-electron chi connectivity index (χ4n) is 2.38. The SMILES string of the molecule is CNC(CCN(C)c1cccc(F)c1)c1ccccc1Cl. The third-order valence-electron chi connectivity index (χ3n) is 3.63. The maximum atomic E-state index is 13.3. The molecule has 2 aromatic carbocycles. The fraction of sp³-hybridized carbons (Fsp3) is 0.294. The number of nitrogens with zero attached hydrogens (tertiary/aromatic N) is 1. The molecule has 0 heterocycles. The van der Waals surface area contributed by atoms with E-state index in [9.17, 15) is 4.39 Å². The average Bonchev–Trinajstić information content (AvgIpc) is 2.49. The Bertz CT molecular complexity index is 589. The minimum Gasteiger partial charge on any atom is -0.374 e. The maximum absolute atomic E-state index is 13.3. The number of hydrogen-bond acceptors (Lipinski definition) is 2. The molecule has 2 rings (SSSR count). The third-order valence-corrected chi connectivity index (χ3v) is 3.98. The van der Waals surface area contributed by atoms with Gasteiger partial charge in [0.2, 0.25) is 0 Å². The van der Waals surface area contributed by atoms with Gasteiger partial charge in [0, 0.05) is 30.3 Å². The number of nitrogens with one attached hydrogen (secondary N) is 1. The number of halogens is 2. The Morgan fingerprint density at radius 3 is 2.62 bits per heavy atom. The van der Waals surface area contributed by atoms with Gasteiger partial charge in [0.05, 0.1) is 0 Å². The Hall–Kier alpha value is -1.58. The quantitative estimate of drug-likeness (QED) is 0.857. The molecule has 0 spiro atoms. The zero-order valence-corrected chi connectivity index (χ0v) is 13.1. The summed E-state index contributed by atoms with van der Waals surface area (Å²) in [6.45, 7) is 0.806. The first-order valence-electron chi connectivity index (χ1n) is 7.00. The molecule has 0 aliphatic rings. The highest BCUT2D eigenvalue weighted by Crippen LogP contribution is 2.25. The summed E-state index contributed by atoms with van der Waals surface area (Å²) in [7, 11) is 3.89. The number of anilines is 1. The maximum Gasteiger partial charge on any atom is 0.125 e. The molecule has 0 saturated heterocycles. The molecule has 4 heteroatoms. The van der Waals surface area contributed by atoms with E-state index in [2.05, 4.69) is 5.32 Å². The monoisotopic (exact) mass is 306 g/mol. The van der Waals surface area contributed by atoms with Crippen molar-refractivity contribution in [1.82, 2.24) is 5.32 Å². The predicted octanol–water partition coefficient (Wildman–Crippen LogP) is 4.27. The Kier molecular flexibility index (Phi) is 5.59. The predicted molar refractivity (Wildman–Crippen MR) is 87.5 cm³/mol. The zero-order chi connectivity index (χ0) is 15.2. The van der Waals surface area contributed by atoms with Crippen molar-refractivity contribution in [2.24, 2.45) is 0 Å². The molecule has 1 N–H and O–H groups in total. The van der Waals surface area contributed by atoms with Crippen LogP contribution in [0.25, 0.3) is 0 Å². The molecule has 0 radical (unpaired) electrons. The number of hydrogen-bond donors (Lipinski definition) is 1. The van der Waals surface area contributed by atoms with Crippen molar-refractivity contribution in [1.29, 1.82) is 0 Å². The second-order valence-corrected chi connectivity index (χ2v) is 5.46. The van der Waals surface area contributed by atoms with Crippen LogP contribution in [0.5, 0.6) is 0 Å². The molecule has 112 valence electrons. The van der Waals surface area contributed by atoms with Crippen LogP contribution in [0.2, 0.25) is 5.02 Å². The van der Waals surface area contributed by atoms with Gasteiger partial charge in [0.25, 0.3) is 0 Å². The fourth-order valence-corrected chi connectivity index (χ4v) is 2.65. The molecule has 2 aromatic rings. The average molecular weight is 307 g/mol. The van der Waals surface area contributed by atoms with Gasteiger partial charge in [-0.15, -0.1) is 0 Å². The zero-order valence-electron chi connectivity index (χ0n) is 12.3. The molecule has 0 aliphatic heterocycles. The minimum atomic E-state index is -0.212. The summed E-state index contributed by atoms with van der Waals surface area (Å²) in [6, 6.07) is 14.7. The highest BCUT2D eigenvalue weighted by molar-refractivity contribution is 6.31. The van der Waals surface area contributed by atoms with Crippen LogP contribution < -0.4 is 10.2 Å². The van der Waals surface area contributed by atoms with Gasteiger partial charge < -0.3 is 10.2 Å². The molecular formula is C17H20ClFN2. The van der Waals surface area contributed by atoms with E-state index in [1.165, 1.54) is 6.07 Å². The van der Waals surface area contributed by atoms with Crippen LogP contribution in [0.1, 0.15) is 18.0 Å². The van der Waals surface area contributed by atoms with E-state index in [1.54, 1.807) is 12.1 Å². The highest BCUT2D eigenvalue weighted by Gasteiger charge is 2.13. The summed E-state index contributed by atoms with van der Waals surface area (Å²) in [5.41, 5.74) is 1.97. The Balaban J connectivity index is 2.02. The molecule has 0 aliphatic carbocycles. The Morgan fingerprint density at radius 2 is 1.95 bits per heavy atom. The highest BCUT2D eigenvalue weighted by atomic mass is 35.5. The summed E-state index contributed by atoms with van der Waals surface area (Å²) in [6.07, 6.45) is 0.882. The van der Waals surface area contributed by atoms with Gasteiger partial charge in [-0.2, -0.15) is 0 Å². The molecule has 1 atom stereocenters. The second-order valence-electron chi connectivity index (χ2n) is 5.05. The standard InChI is InChI=1S/C17H20ClFN2/c1-20-17(15-8-3-4-9-16(15)18)10-11-21(2)14-7-5-6-13(19)12-14/h3-9,12,17,20H,10-11H2,1-2H3. The van der Waals surface area contributed by atoms with E-state index in [0.717, 1.165) is 29.2 Å². The van der Waals surface area contributed by atoms with Gasteiger partial charge in [0.1, 0.15) is 5.82 Å². The van der Waals surface area contributed by atoms with Crippen LogP contribution in [0.4, 0.5) is 10.1 Å². The van der Waals surface area contributed by atoms with E-state index in [1.807, 2.05) is 49.3 Å². The second kappa shape index (κ2) is 7.43. The first kappa shape index (κ1) is 15.8. The summed E-state index contributed by atoms with van der Waals surface area (Å²) in [4.78, 5) is 2.05. The van der Waals surface area contributed by atoms with Gasteiger partial charge in [0.15, 0.2) is 0 Å². The summed E-state index contributed by atoms with van der Waals surface area (Å²) < 4.78 is 13.3. The van der Waals surface area contributed by atoms with E-state index >= 15 is 0 Å². The lowest BCUT2D eigenvalue weighted by atomic mass is 10.0. The molecular weight excluding hydrogens is 287 g/mol. The van der Waals surface area contributed by atoms with Crippen LogP contribution in [-0.2, 0) is 0 Å². The Morgan fingerprint density at radius 1 is 1.19 bits per heavy atom. The van der Waals surface area contributed by atoms with Crippen molar-refractivity contribution in [3.8, 4) is 0 Å². The molecule has 0 bridgehead atoms. The lowest BCUT2D eigenvalue weighted by Crippen LogP contribution is -2.25. The topological polar surface area (TPSA) is 15.3 Å². The van der Waals surface area contributed by atoms with Gasteiger partial charge in [-0.05, 0) is 43.3 Å². The van der Waals surface area contributed by atoms with Crippen LogP contribution in [0, 0.1) is 5.82 Å². The van der Waals surface area contributed by atoms with Crippen molar-refractivity contribution >= 4 is 17.3 Å². The van der Waals surface area contributed by atoms with Crippen molar-refractivity contribution in [3.63, 3.8) is 0 Å². The molecule has 2 nitrogen and oxygen atoms in total. The normalized spacial score (nSPS) is 12.2.